The maximum absolute atomic E-state index is 12.7. The lowest BCUT2D eigenvalue weighted by Gasteiger charge is -2.16. The summed E-state index contributed by atoms with van der Waals surface area (Å²) in [7, 11) is 1.45. The molecule has 8 nitrogen and oxygen atoms in total. The molecule has 3 amide bonds. The zero-order chi connectivity index (χ0) is 21.0. The maximum Gasteiger partial charge on any atom is 0.307 e. The van der Waals surface area contributed by atoms with Gasteiger partial charge in [0.25, 0.3) is 5.24 Å². The van der Waals surface area contributed by atoms with Crippen molar-refractivity contribution < 1.29 is 29.0 Å². The molecular formula is C20H18N2O6S. The lowest BCUT2D eigenvalue weighted by molar-refractivity contribution is -0.136. The topological polar surface area (TPSA) is 113 Å². The van der Waals surface area contributed by atoms with E-state index >= 15 is 0 Å². The second-order valence-electron chi connectivity index (χ2n) is 6.24. The quantitative estimate of drug-likeness (QED) is 0.716. The van der Waals surface area contributed by atoms with Crippen LogP contribution in [0.25, 0.3) is 0 Å². The Labute approximate surface area is 170 Å². The van der Waals surface area contributed by atoms with Gasteiger partial charge in [-0.15, -0.1) is 0 Å². The van der Waals surface area contributed by atoms with Gasteiger partial charge in [0, 0.05) is 12.1 Å². The van der Waals surface area contributed by atoms with Gasteiger partial charge < -0.3 is 15.2 Å². The molecule has 0 bridgehead atoms. The molecule has 2 aromatic rings. The zero-order valence-electron chi connectivity index (χ0n) is 15.5. The number of aliphatic carboxylic acids is 1. The number of amides is 3. The van der Waals surface area contributed by atoms with E-state index in [1.807, 2.05) is 0 Å². The third-order valence-corrected chi connectivity index (χ3v) is 5.25. The van der Waals surface area contributed by atoms with Gasteiger partial charge in [0.05, 0.1) is 19.2 Å². The number of imide groups is 1. The summed E-state index contributed by atoms with van der Waals surface area (Å²) in [5.41, 5.74) is 1.43. The lowest BCUT2D eigenvalue weighted by atomic mass is 10.1. The van der Waals surface area contributed by atoms with Crippen LogP contribution >= 0.6 is 11.8 Å². The normalized spacial score (nSPS) is 16.0. The van der Waals surface area contributed by atoms with Crippen LogP contribution in [0.4, 0.5) is 16.2 Å². The summed E-state index contributed by atoms with van der Waals surface area (Å²) in [6.07, 6.45) is -0.278. The van der Waals surface area contributed by atoms with Gasteiger partial charge in [0.1, 0.15) is 11.0 Å². The van der Waals surface area contributed by atoms with E-state index in [1.54, 1.807) is 48.5 Å². The SMILES string of the molecule is COc1ccccc1N1C(=O)SC(CC(=O)Nc2ccc(CC(=O)O)cc2)C1=O. The van der Waals surface area contributed by atoms with Gasteiger partial charge in [-0.25, -0.2) is 4.90 Å². The number of carboxylic acids is 1. The number of nitrogens with zero attached hydrogens (tertiary/aromatic N) is 1. The summed E-state index contributed by atoms with van der Waals surface area (Å²) >= 11 is 0.800. The van der Waals surface area contributed by atoms with E-state index in [0.717, 1.165) is 16.7 Å². The Balaban J connectivity index is 1.64. The van der Waals surface area contributed by atoms with E-state index in [4.69, 9.17) is 9.84 Å². The van der Waals surface area contributed by atoms with E-state index in [1.165, 1.54) is 7.11 Å². The number of benzene rings is 2. The van der Waals surface area contributed by atoms with Crippen molar-refractivity contribution >= 4 is 46.2 Å². The molecule has 150 valence electrons. The first-order valence-corrected chi connectivity index (χ1v) is 9.55. The number of methoxy groups -OCH3 is 1. The number of carbonyl (C=O) groups excluding carboxylic acids is 3. The highest BCUT2D eigenvalue weighted by Crippen LogP contribution is 2.37. The number of hydrogen-bond acceptors (Lipinski definition) is 6. The fourth-order valence-corrected chi connectivity index (χ4v) is 3.86. The highest BCUT2D eigenvalue weighted by Gasteiger charge is 2.42. The molecule has 1 saturated heterocycles. The van der Waals surface area contributed by atoms with E-state index in [-0.39, 0.29) is 12.8 Å². The minimum atomic E-state index is -0.942. The summed E-state index contributed by atoms with van der Waals surface area (Å²) in [4.78, 5) is 49.1. The molecule has 1 unspecified atom stereocenters. The van der Waals surface area contributed by atoms with Crippen LogP contribution in [-0.4, -0.2) is 40.5 Å². The Bertz CT molecular complexity index is 960. The smallest absolute Gasteiger partial charge is 0.307 e. The first kappa shape index (κ1) is 20.4. The van der Waals surface area contributed by atoms with Crippen LogP contribution < -0.4 is 15.0 Å². The van der Waals surface area contributed by atoms with E-state index < -0.39 is 28.3 Å². The molecule has 29 heavy (non-hydrogen) atoms. The van der Waals surface area contributed by atoms with Crippen LogP contribution in [0.2, 0.25) is 0 Å². The molecule has 0 radical (unpaired) electrons. The Morgan fingerprint density at radius 1 is 1.14 bits per heavy atom. The Kier molecular flexibility index (Phi) is 6.18. The lowest BCUT2D eigenvalue weighted by Crippen LogP contribution is -2.33. The Morgan fingerprint density at radius 3 is 2.48 bits per heavy atom. The van der Waals surface area contributed by atoms with E-state index in [9.17, 15) is 19.2 Å². The first-order valence-electron chi connectivity index (χ1n) is 8.67. The van der Waals surface area contributed by atoms with E-state index in [2.05, 4.69) is 5.32 Å². The van der Waals surface area contributed by atoms with Crippen LogP contribution in [0.1, 0.15) is 12.0 Å². The number of nitrogens with one attached hydrogen (secondary N) is 1. The van der Waals surface area contributed by atoms with Gasteiger partial charge in [-0.2, -0.15) is 0 Å². The minimum Gasteiger partial charge on any atom is -0.495 e. The Morgan fingerprint density at radius 2 is 1.83 bits per heavy atom. The molecule has 2 N–H and O–H groups in total. The molecule has 0 spiro atoms. The molecular weight excluding hydrogens is 396 g/mol. The highest BCUT2D eigenvalue weighted by molar-refractivity contribution is 8.15. The molecule has 1 atom stereocenters. The van der Waals surface area contributed by atoms with Crippen LogP contribution in [0.15, 0.2) is 48.5 Å². The van der Waals surface area contributed by atoms with Crippen molar-refractivity contribution in [1.82, 2.24) is 0 Å². The van der Waals surface area contributed by atoms with Crippen molar-refractivity contribution in [2.75, 3.05) is 17.3 Å². The monoisotopic (exact) mass is 414 g/mol. The predicted molar refractivity (Wildman–Crippen MR) is 108 cm³/mol. The van der Waals surface area contributed by atoms with Crippen molar-refractivity contribution in [1.29, 1.82) is 0 Å². The number of para-hydroxylation sites is 2. The molecule has 1 aliphatic heterocycles. The number of thioether (sulfide) groups is 1. The van der Waals surface area contributed by atoms with Gasteiger partial charge in [0.2, 0.25) is 11.8 Å². The van der Waals surface area contributed by atoms with Crippen molar-refractivity contribution in [2.24, 2.45) is 0 Å². The average Bonchev–Trinajstić information content (AvgIpc) is 2.96. The maximum atomic E-state index is 12.7. The third kappa shape index (κ3) is 4.75. The summed E-state index contributed by atoms with van der Waals surface area (Å²) in [5, 5.41) is 10.1. The van der Waals surface area contributed by atoms with Gasteiger partial charge in [0.15, 0.2) is 0 Å². The summed E-state index contributed by atoms with van der Waals surface area (Å²) in [5.74, 6) is -1.45. The first-order chi connectivity index (χ1) is 13.9. The minimum absolute atomic E-state index is 0.109. The number of anilines is 2. The largest absolute Gasteiger partial charge is 0.495 e. The summed E-state index contributed by atoms with van der Waals surface area (Å²) in [6.45, 7) is 0. The third-order valence-electron chi connectivity index (χ3n) is 4.21. The van der Waals surface area contributed by atoms with Gasteiger partial charge in [-0.05, 0) is 41.6 Å². The summed E-state index contributed by atoms with van der Waals surface area (Å²) < 4.78 is 5.21. The van der Waals surface area contributed by atoms with Crippen molar-refractivity contribution in [2.45, 2.75) is 18.1 Å². The molecule has 0 aromatic heterocycles. The van der Waals surface area contributed by atoms with Gasteiger partial charge in [-0.3, -0.25) is 19.2 Å². The molecule has 1 aliphatic rings. The molecule has 1 fully saturated rings. The second kappa shape index (κ2) is 8.78. The molecule has 2 aromatic carbocycles. The highest BCUT2D eigenvalue weighted by atomic mass is 32.2. The number of hydrogen-bond donors (Lipinski definition) is 2. The average molecular weight is 414 g/mol. The van der Waals surface area contributed by atoms with Crippen molar-refractivity contribution in [3.05, 3.63) is 54.1 Å². The zero-order valence-corrected chi connectivity index (χ0v) is 16.3. The second-order valence-corrected chi connectivity index (χ2v) is 7.39. The van der Waals surface area contributed by atoms with Crippen molar-refractivity contribution in [3.8, 4) is 5.75 Å². The van der Waals surface area contributed by atoms with E-state index in [0.29, 0.717) is 22.7 Å². The number of ether oxygens (including phenoxy) is 1. The van der Waals surface area contributed by atoms with Crippen LogP contribution in [0.3, 0.4) is 0 Å². The molecule has 0 saturated carbocycles. The Hall–Kier alpha value is -3.33. The fraction of sp³-hybridized carbons (Fsp3) is 0.200. The standard InChI is InChI=1S/C20H18N2O6S/c1-28-15-5-3-2-4-14(15)22-19(26)16(29-20(22)27)11-17(23)21-13-8-6-12(7-9-13)10-18(24)25/h2-9,16H,10-11H2,1H3,(H,21,23)(H,24,25). The van der Waals surface area contributed by atoms with Crippen LogP contribution in [0.5, 0.6) is 5.75 Å². The van der Waals surface area contributed by atoms with Crippen molar-refractivity contribution in [3.63, 3.8) is 0 Å². The number of rotatable bonds is 7. The number of carbonyl (C=O) groups is 4. The fourth-order valence-electron chi connectivity index (χ4n) is 2.88. The van der Waals surface area contributed by atoms with Crippen LogP contribution in [0, 0.1) is 0 Å². The van der Waals surface area contributed by atoms with Crippen LogP contribution in [-0.2, 0) is 20.8 Å². The molecule has 9 heteroatoms. The number of carboxylic acid groups (broad SMARTS) is 1. The summed E-state index contributed by atoms with van der Waals surface area (Å²) in [6, 6.07) is 13.1. The van der Waals surface area contributed by atoms with Gasteiger partial charge in [-0.1, -0.05) is 24.3 Å². The van der Waals surface area contributed by atoms with Gasteiger partial charge >= 0.3 is 5.97 Å². The molecule has 0 aliphatic carbocycles. The predicted octanol–water partition coefficient (Wildman–Crippen LogP) is 2.92. The molecule has 3 rings (SSSR count). The molecule has 1 heterocycles.